The lowest BCUT2D eigenvalue weighted by molar-refractivity contribution is -0.120. The van der Waals surface area contributed by atoms with Crippen LogP contribution in [0.25, 0.3) is 6.08 Å². The summed E-state index contributed by atoms with van der Waals surface area (Å²) < 4.78 is 5.22. The number of likely N-dealkylation sites (tertiary alicyclic amines) is 1. The molecule has 0 bridgehead atoms. The Kier molecular flexibility index (Phi) is 8.45. The second-order valence-corrected chi connectivity index (χ2v) is 8.83. The molecule has 3 N–H and O–H groups in total. The van der Waals surface area contributed by atoms with Crippen molar-refractivity contribution in [2.75, 3.05) is 19.7 Å². The quantitative estimate of drug-likeness (QED) is 0.592. The van der Waals surface area contributed by atoms with E-state index in [2.05, 4.69) is 48.3 Å². The summed E-state index contributed by atoms with van der Waals surface area (Å²) >= 11 is 0. The molecule has 0 radical (unpaired) electrons. The number of benzene rings is 2. The Bertz CT molecular complexity index is 912. The van der Waals surface area contributed by atoms with Crippen molar-refractivity contribution in [2.24, 2.45) is 17.6 Å². The number of hydrogen-bond acceptors (Lipinski definition) is 4. The highest BCUT2D eigenvalue weighted by atomic mass is 16.5. The van der Waals surface area contributed by atoms with Crippen LogP contribution in [0.4, 0.5) is 0 Å². The molecule has 2 atom stereocenters. The molecule has 2 unspecified atom stereocenters. The number of ether oxygens (including phenoxy) is 1. The van der Waals surface area contributed by atoms with Crippen LogP contribution in [0.5, 0.6) is 5.75 Å². The van der Waals surface area contributed by atoms with Crippen LogP contribution < -0.4 is 15.8 Å². The lowest BCUT2D eigenvalue weighted by atomic mass is 9.91. The van der Waals surface area contributed by atoms with Gasteiger partial charge in [0.2, 0.25) is 5.91 Å². The van der Waals surface area contributed by atoms with Crippen molar-refractivity contribution in [3.63, 3.8) is 0 Å². The maximum atomic E-state index is 12.1. The highest BCUT2D eigenvalue weighted by Gasteiger charge is 2.21. The number of carbonyl (C=O) groups excluding carboxylic acids is 2. The minimum Gasteiger partial charge on any atom is -0.484 e. The SMILES string of the molecule is CC1CC(C)CN(Cc2ccc(CNC(=O)/C=C/c3ccc(OCC(N)=O)cc3)cc2)C1. The van der Waals surface area contributed by atoms with Crippen LogP contribution in [-0.2, 0) is 22.7 Å². The molecule has 0 saturated carbocycles. The minimum atomic E-state index is -0.522. The molecule has 3 rings (SSSR count). The lowest BCUT2D eigenvalue weighted by Crippen LogP contribution is -2.38. The van der Waals surface area contributed by atoms with Crippen molar-refractivity contribution in [2.45, 2.75) is 33.4 Å². The number of primary amides is 1. The van der Waals surface area contributed by atoms with Crippen LogP contribution >= 0.6 is 0 Å². The van der Waals surface area contributed by atoms with Gasteiger partial charge in [0.1, 0.15) is 5.75 Å². The number of amides is 2. The number of hydrogen-bond donors (Lipinski definition) is 2. The molecular weight excluding hydrogens is 402 g/mol. The first-order valence-corrected chi connectivity index (χ1v) is 11.1. The molecule has 2 aromatic rings. The molecule has 0 aliphatic carbocycles. The molecule has 1 saturated heterocycles. The van der Waals surface area contributed by atoms with E-state index in [4.69, 9.17) is 10.5 Å². The van der Waals surface area contributed by atoms with Gasteiger partial charge in [-0.2, -0.15) is 0 Å². The van der Waals surface area contributed by atoms with E-state index in [1.54, 1.807) is 18.2 Å². The summed E-state index contributed by atoms with van der Waals surface area (Å²) in [7, 11) is 0. The van der Waals surface area contributed by atoms with Crippen molar-refractivity contribution in [3.05, 3.63) is 71.3 Å². The molecule has 1 heterocycles. The molecule has 1 fully saturated rings. The normalized spacial score (nSPS) is 19.1. The molecule has 2 aromatic carbocycles. The number of nitrogens with two attached hydrogens (primary N) is 1. The number of carbonyl (C=O) groups is 2. The van der Waals surface area contributed by atoms with Crippen LogP contribution in [-0.4, -0.2) is 36.4 Å². The van der Waals surface area contributed by atoms with Gasteiger partial charge in [-0.1, -0.05) is 50.2 Å². The fourth-order valence-corrected chi connectivity index (χ4v) is 4.19. The minimum absolute atomic E-state index is 0.153. The average Bonchev–Trinajstić information content (AvgIpc) is 2.76. The summed E-state index contributed by atoms with van der Waals surface area (Å²) in [6, 6.07) is 15.6. The first-order valence-electron chi connectivity index (χ1n) is 11.1. The third-order valence-electron chi connectivity index (χ3n) is 5.53. The summed E-state index contributed by atoms with van der Waals surface area (Å²) in [5.74, 6) is 1.40. The second kappa shape index (κ2) is 11.5. The largest absolute Gasteiger partial charge is 0.484 e. The molecule has 32 heavy (non-hydrogen) atoms. The molecule has 2 amide bonds. The van der Waals surface area contributed by atoms with Crippen molar-refractivity contribution >= 4 is 17.9 Å². The van der Waals surface area contributed by atoms with Gasteiger partial charge in [0.15, 0.2) is 6.61 Å². The van der Waals surface area contributed by atoms with Crippen LogP contribution in [0.15, 0.2) is 54.6 Å². The summed E-state index contributed by atoms with van der Waals surface area (Å²) in [4.78, 5) is 25.4. The summed E-state index contributed by atoms with van der Waals surface area (Å²) in [6.45, 7) is 8.31. The molecular formula is C26H33N3O3. The van der Waals surface area contributed by atoms with Gasteiger partial charge < -0.3 is 15.8 Å². The standard InChI is InChI=1S/C26H33N3O3/c1-19-13-20(2)16-29(15-19)17-23-5-3-22(4-6-23)14-28-26(31)12-9-21-7-10-24(11-8-21)32-18-25(27)30/h3-12,19-20H,13-18H2,1-2H3,(H2,27,30)(H,28,31)/b12-9+. The van der Waals surface area contributed by atoms with Crippen LogP contribution in [0, 0.1) is 11.8 Å². The number of rotatable bonds is 9. The summed E-state index contributed by atoms with van der Waals surface area (Å²) in [5, 5.41) is 2.91. The molecule has 1 aliphatic heterocycles. The highest BCUT2D eigenvalue weighted by Crippen LogP contribution is 2.22. The van der Waals surface area contributed by atoms with Gasteiger partial charge in [-0.05, 0) is 53.2 Å². The molecule has 0 spiro atoms. The van der Waals surface area contributed by atoms with E-state index < -0.39 is 5.91 Å². The highest BCUT2D eigenvalue weighted by molar-refractivity contribution is 5.91. The lowest BCUT2D eigenvalue weighted by Gasteiger charge is -2.35. The van der Waals surface area contributed by atoms with Crippen molar-refractivity contribution in [1.82, 2.24) is 10.2 Å². The number of nitrogens with one attached hydrogen (secondary N) is 1. The summed E-state index contributed by atoms with van der Waals surface area (Å²) in [6.07, 6.45) is 4.56. The first kappa shape index (κ1) is 23.5. The van der Waals surface area contributed by atoms with Gasteiger partial charge in [0, 0.05) is 32.3 Å². The zero-order valence-corrected chi connectivity index (χ0v) is 18.9. The number of piperidine rings is 1. The first-order chi connectivity index (χ1) is 15.4. The predicted molar refractivity (Wildman–Crippen MR) is 127 cm³/mol. The van der Waals surface area contributed by atoms with Gasteiger partial charge in [-0.25, -0.2) is 0 Å². The third kappa shape index (κ3) is 7.85. The maximum Gasteiger partial charge on any atom is 0.255 e. The van der Waals surface area contributed by atoms with Gasteiger partial charge >= 0.3 is 0 Å². The van der Waals surface area contributed by atoms with Crippen molar-refractivity contribution < 1.29 is 14.3 Å². The van der Waals surface area contributed by atoms with Crippen LogP contribution in [0.3, 0.4) is 0 Å². The molecule has 6 nitrogen and oxygen atoms in total. The molecule has 1 aliphatic rings. The monoisotopic (exact) mass is 435 g/mol. The van der Waals surface area contributed by atoms with Crippen LogP contribution in [0.2, 0.25) is 0 Å². The Labute approximate surface area is 190 Å². The van der Waals surface area contributed by atoms with Gasteiger partial charge in [0.25, 0.3) is 5.91 Å². The second-order valence-electron chi connectivity index (χ2n) is 8.83. The smallest absolute Gasteiger partial charge is 0.255 e. The Morgan fingerprint density at radius 2 is 1.66 bits per heavy atom. The fourth-order valence-electron chi connectivity index (χ4n) is 4.19. The van der Waals surface area contributed by atoms with E-state index >= 15 is 0 Å². The van der Waals surface area contributed by atoms with E-state index in [1.165, 1.54) is 18.1 Å². The van der Waals surface area contributed by atoms with E-state index in [0.29, 0.717) is 12.3 Å². The maximum absolute atomic E-state index is 12.1. The Balaban J connectivity index is 1.43. The number of nitrogens with zero attached hydrogens (tertiary/aromatic N) is 1. The Morgan fingerprint density at radius 1 is 1.03 bits per heavy atom. The van der Waals surface area contributed by atoms with E-state index in [9.17, 15) is 9.59 Å². The van der Waals surface area contributed by atoms with E-state index in [0.717, 1.165) is 42.6 Å². The van der Waals surface area contributed by atoms with Gasteiger partial charge in [0.05, 0.1) is 0 Å². The topological polar surface area (TPSA) is 84.7 Å². The van der Waals surface area contributed by atoms with Crippen molar-refractivity contribution in [3.8, 4) is 5.75 Å². The third-order valence-corrected chi connectivity index (χ3v) is 5.53. The van der Waals surface area contributed by atoms with Gasteiger partial charge in [-0.3, -0.25) is 14.5 Å². The van der Waals surface area contributed by atoms with E-state index in [-0.39, 0.29) is 12.5 Å². The van der Waals surface area contributed by atoms with Crippen molar-refractivity contribution in [1.29, 1.82) is 0 Å². The Morgan fingerprint density at radius 3 is 2.28 bits per heavy atom. The summed E-state index contributed by atoms with van der Waals surface area (Å²) in [5.41, 5.74) is 8.30. The van der Waals surface area contributed by atoms with Crippen LogP contribution in [0.1, 0.15) is 37.0 Å². The molecule has 6 heteroatoms. The van der Waals surface area contributed by atoms with Gasteiger partial charge in [-0.15, -0.1) is 0 Å². The van der Waals surface area contributed by atoms with E-state index in [1.807, 2.05) is 12.1 Å². The average molecular weight is 436 g/mol. The Hall–Kier alpha value is -3.12. The molecule has 0 aromatic heterocycles. The zero-order chi connectivity index (χ0) is 22.9. The predicted octanol–water partition coefficient (Wildman–Crippen LogP) is 3.36. The zero-order valence-electron chi connectivity index (χ0n) is 18.9. The fraction of sp³-hybridized carbons (Fsp3) is 0.385. The molecule has 170 valence electrons.